The molecule has 33 heavy (non-hydrogen) atoms. The average molecular weight is 463 g/mol. The van der Waals surface area contributed by atoms with Crippen molar-refractivity contribution >= 4 is 11.6 Å². The van der Waals surface area contributed by atoms with Crippen LogP contribution in [0, 0.1) is 5.82 Å². The topological polar surface area (TPSA) is 24.3 Å². The van der Waals surface area contributed by atoms with Crippen LogP contribution in [0.2, 0.25) is 5.02 Å². The Morgan fingerprint density at radius 2 is 1.48 bits per heavy atom. The number of rotatable bonds is 8. The summed E-state index contributed by atoms with van der Waals surface area (Å²) in [5, 5.41) is 5.43. The lowest BCUT2D eigenvalue weighted by Gasteiger charge is -2.20. The molecule has 0 N–H and O–H groups in total. The fourth-order valence-electron chi connectivity index (χ4n) is 3.81. The van der Waals surface area contributed by atoms with Crippen LogP contribution in [0.5, 0.6) is 0 Å². The lowest BCUT2D eigenvalue weighted by Crippen LogP contribution is -2.28. The van der Waals surface area contributed by atoms with Gasteiger partial charge in [0.2, 0.25) is 0 Å². The highest BCUT2D eigenvalue weighted by Gasteiger charge is 2.18. The first-order valence-electron chi connectivity index (χ1n) is 10.9. The molecule has 0 fully saturated rings. The smallest absolute Gasteiger partial charge is 0.123 e. The van der Waals surface area contributed by atoms with E-state index >= 15 is 0 Å². The highest BCUT2D eigenvalue weighted by molar-refractivity contribution is 6.33. The Labute approximate surface area is 199 Å². The number of hydrogen-bond donors (Lipinski definition) is 0. The van der Waals surface area contributed by atoms with Gasteiger partial charge in [0.05, 0.1) is 17.6 Å². The molecule has 0 atom stereocenters. The van der Waals surface area contributed by atoms with Gasteiger partial charge in [0.15, 0.2) is 0 Å². The molecule has 0 saturated heterocycles. The van der Waals surface area contributed by atoms with Crippen LogP contribution in [0.3, 0.4) is 0 Å². The highest BCUT2D eigenvalue weighted by Crippen LogP contribution is 2.33. The lowest BCUT2D eigenvalue weighted by molar-refractivity contribution is 0.276. The van der Waals surface area contributed by atoms with Crippen LogP contribution < -0.4 is 0 Å². The molecule has 0 amide bonds. The summed E-state index contributed by atoms with van der Waals surface area (Å²) in [6.45, 7) is 2.70. The van der Waals surface area contributed by atoms with Crippen molar-refractivity contribution < 1.29 is 4.39 Å². The third-order valence-electron chi connectivity index (χ3n) is 5.63. The van der Waals surface area contributed by atoms with Gasteiger partial charge in [0.25, 0.3) is 0 Å². The largest absolute Gasteiger partial charge is 0.308 e. The second-order valence-electron chi connectivity index (χ2n) is 8.50. The van der Waals surface area contributed by atoms with Crippen LogP contribution in [0.4, 0.5) is 4.39 Å². The molecular formula is C27H28ClFN4. The average Bonchev–Trinajstić information content (AvgIpc) is 3.22. The molecular weight excluding hydrogens is 435 g/mol. The second-order valence-corrected chi connectivity index (χ2v) is 8.91. The van der Waals surface area contributed by atoms with Gasteiger partial charge in [-0.3, -0.25) is 0 Å². The minimum Gasteiger partial charge on any atom is -0.308 e. The van der Waals surface area contributed by atoms with Crippen molar-refractivity contribution in [2.45, 2.75) is 6.54 Å². The molecule has 0 radical (unpaired) electrons. The summed E-state index contributed by atoms with van der Waals surface area (Å²) in [6.07, 6.45) is 1.93. The molecule has 4 aromatic rings. The van der Waals surface area contributed by atoms with Gasteiger partial charge in [-0.05, 0) is 62.6 Å². The van der Waals surface area contributed by atoms with Crippen molar-refractivity contribution in [3.8, 4) is 28.1 Å². The third-order valence-corrected chi connectivity index (χ3v) is 5.96. The molecule has 0 aliphatic carbocycles. The standard InChI is InChI=1S/C27H28ClFN4/c1-31(2)16-17-32(3)19-22-18-30-33(27(22)25-6-4-5-7-26(25)28)24-14-10-21(11-15-24)20-8-12-23(29)13-9-20/h4-15,18H,16-17,19H2,1-3H3. The molecule has 0 bridgehead atoms. The highest BCUT2D eigenvalue weighted by atomic mass is 35.5. The minimum absolute atomic E-state index is 0.237. The Morgan fingerprint density at radius 1 is 0.848 bits per heavy atom. The van der Waals surface area contributed by atoms with Crippen LogP contribution in [0.25, 0.3) is 28.1 Å². The summed E-state index contributed by atoms with van der Waals surface area (Å²) in [5.41, 5.74) is 6.00. The van der Waals surface area contributed by atoms with E-state index in [4.69, 9.17) is 16.7 Å². The van der Waals surface area contributed by atoms with Gasteiger partial charge in [0.1, 0.15) is 5.82 Å². The molecule has 4 rings (SSSR count). The molecule has 4 nitrogen and oxygen atoms in total. The van der Waals surface area contributed by atoms with Crippen LogP contribution in [-0.4, -0.2) is 53.8 Å². The van der Waals surface area contributed by atoms with Crippen molar-refractivity contribution in [2.24, 2.45) is 0 Å². The Kier molecular flexibility index (Phi) is 7.23. The first kappa shape index (κ1) is 23.2. The zero-order chi connectivity index (χ0) is 23.4. The van der Waals surface area contributed by atoms with Crippen molar-refractivity contribution in [3.63, 3.8) is 0 Å². The number of likely N-dealkylation sites (N-methyl/N-ethyl adjacent to an activating group) is 2. The summed E-state index contributed by atoms with van der Waals surface area (Å²) in [6, 6.07) is 22.5. The predicted molar refractivity (Wildman–Crippen MR) is 134 cm³/mol. The maximum Gasteiger partial charge on any atom is 0.123 e. The second kappa shape index (κ2) is 10.3. The summed E-state index contributed by atoms with van der Waals surface area (Å²) in [7, 11) is 6.28. The zero-order valence-electron chi connectivity index (χ0n) is 19.2. The number of hydrogen-bond acceptors (Lipinski definition) is 3. The number of benzene rings is 3. The van der Waals surface area contributed by atoms with Crippen molar-refractivity contribution in [1.29, 1.82) is 0 Å². The van der Waals surface area contributed by atoms with Gasteiger partial charge in [0, 0.05) is 35.8 Å². The molecule has 0 aliphatic heterocycles. The first-order valence-corrected chi connectivity index (χ1v) is 11.3. The van der Waals surface area contributed by atoms with E-state index < -0.39 is 0 Å². The van der Waals surface area contributed by atoms with Crippen LogP contribution in [-0.2, 0) is 6.54 Å². The summed E-state index contributed by atoms with van der Waals surface area (Å²) < 4.78 is 15.2. The molecule has 0 spiro atoms. The normalized spacial score (nSPS) is 11.5. The minimum atomic E-state index is -0.237. The molecule has 1 heterocycles. The molecule has 6 heteroatoms. The monoisotopic (exact) mass is 462 g/mol. The molecule has 0 saturated carbocycles. The fourth-order valence-corrected chi connectivity index (χ4v) is 4.04. The number of aromatic nitrogens is 2. The van der Waals surface area contributed by atoms with Gasteiger partial charge >= 0.3 is 0 Å². The Balaban J connectivity index is 1.70. The van der Waals surface area contributed by atoms with E-state index in [9.17, 15) is 4.39 Å². The van der Waals surface area contributed by atoms with Gasteiger partial charge in [-0.2, -0.15) is 5.10 Å². The van der Waals surface area contributed by atoms with Crippen molar-refractivity contribution in [2.75, 3.05) is 34.2 Å². The molecule has 1 aromatic heterocycles. The van der Waals surface area contributed by atoms with E-state index in [1.165, 1.54) is 12.1 Å². The van der Waals surface area contributed by atoms with E-state index in [0.29, 0.717) is 5.02 Å². The van der Waals surface area contributed by atoms with Crippen LogP contribution >= 0.6 is 11.6 Å². The van der Waals surface area contributed by atoms with Gasteiger partial charge in [-0.15, -0.1) is 0 Å². The van der Waals surface area contributed by atoms with E-state index in [-0.39, 0.29) is 5.82 Å². The zero-order valence-corrected chi connectivity index (χ0v) is 19.9. The van der Waals surface area contributed by atoms with Crippen molar-refractivity contribution in [1.82, 2.24) is 19.6 Å². The van der Waals surface area contributed by atoms with Crippen LogP contribution in [0.15, 0.2) is 79.0 Å². The summed E-state index contributed by atoms with van der Waals surface area (Å²) in [5.74, 6) is -0.237. The number of halogens is 2. The quantitative estimate of drug-likeness (QED) is 0.321. The Bertz CT molecular complexity index is 1200. The fraction of sp³-hybridized carbons (Fsp3) is 0.222. The summed E-state index contributed by atoms with van der Waals surface area (Å²) >= 11 is 6.61. The maximum atomic E-state index is 13.3. The number of nitrogens with zero attached hydrogens (tertiary/aromatic N) is 4. The van der Waals surface area contributed by atoms with E-state index in [1.807, 2.05) is 59.4 Å². The SMILES string of the molecule is CN(C)CCN(C)Cc1cnn(-c2ccc(-c3ccc(F)cc3)cc2)c1-c1ccccc1Cl. The third kappa shape index (κ3) is 5.50. The van der Waals surface area contributed by atoms with Gasteiger partial charge < -0.3 is 9.80 Å². The Hall–Kier alpha value is -2.99. The maximum absolute atomic E-state index is 13.3. The summed E-state index contributed by atoms with van der Waals surface area (Å²) in [4.78, 5) is 4.47. The van der Waals surface area contributed by atoms with E-state index in [2.05, 4.69) is 30.9 Å². The molecule has 3 aromatic carbocycles. The lowest BCUT2D eigenvalue weighted by atomic mass is 10.0. The molecule has 170 valence electrons. The van der Waals surface area contributed by atoms with Gasteiger partial charge in [-0.1, -0.05) is 54.1 Å². The van der Waals surface area contributed by atoms with E-state index in [0.717, 1.165) is 53.3 Å². The van der Waals surface area contributed by atoms with Crippen LogP contribution in [0.1, 0.15) is 5.56 Å². The predicted octanol–water partition coefficient (Wildman–Crippen LogP) is 5.99. The van der Waals surface area contributed by atoms with Crippen molar-refractivity contribution in [3.05, 3.63) is 95.4 Å². The molecule has 0 aliphatic rings. The Morgan fingerprint density at radius 3 is 2.12 bits per heavy atom. The van der Waals surface area contributed by atoms with E-state index in [1.54, 1.807) is 12.1 Å². The first-order chi connectivity index (χ1) is 15.9. The van der Waals surface area contributed by atoms with Gasteiger partial charge in [-0.25, -0.2) is 9.07 Å². The molecule has 0 unspecified atom stereocenters.